The number of thiophene rings is 1. The van der Waals surface area contributed by atoms with Gasteiger partial charge < -0.3 is 4.90 Å². The Morgan fingerprint density at radius 3 is 3.06 bits per heavy atom. The summed E-state index contributed by atoms with van der Waals surface area (Å²) in [7, 11) is 0. The van der Waals surface area contributed by atoms with Gasteiger partial charge in [-0.1, -0.05) is 11.6 Å². The predicted molar refractivity (Wildman–Crippen MR) is 73.3 cm³/mol. The van der Waals surface area contributed by atoms with Crippen molar-refractivity contribution in [3.8, 4) is 0 Å². The van der Waals surface area contributed by atoms with Crippen molar-refractivity contribution < 1.29 is 4.79 Å². The molecule has 0 spiro atoms. The molecular weight excluding hydrogens is 277 g/mol. The predicted octanol–water partition coefficient (Wildman–Crippen LogP) is 4.03. The van der Waals surface area contributed by atoms with E-state index in [-0.39, 0.29) is 5.91 Å². The molecule has 0 saturated carbocycles. The molecule has 1 unspecified atom stereocenters. The monoisotopic (exact) mass is 291 g/mol. The molecule has 1 atom stereocenters. The lowest BCUT2D eigenvalue weighted by Crippen LogP contribution is -2.35. The van der Waals surface area contributed by atoms with Gasteiger partial charge in [0.25, 0.3) is 5.91 Å². The first-order chi connectivity index (χ1) is 8.24. The van der Waals surface area contributed by atoms with Crippen molar-refractivity contribution in [3.05, 3.63) is 21.3 Å². The van der Waals surface area contributed by atoms with E-state index in [0.717, 1.165) is 32.2 Å². The molecule has 1 fully saturated rings. The quantitative estimate of drug-likeness (QED) is 0.767. The zero-order valence-corrected chi connectivity index (χ0v) is 11.8. The summed E-state index contributed by atoms with van der Waals surface area (Å²) >= 11 is 13.1. The number of nitrogens with zero attached hydrogens (tertiary/aromatic N) is 1. The van der Waals surface area contributed by atoms with Crippen LogP contribution in [0.5, 0.6) is 0 Å². The van der Waals surface area contributed by atoms with Crippen LogP contribution in [0, 0.1) is 0 Å². The van der Waals surface area contributed by atoms with Crippen molar-refractivity contribution in [2.75, 3.05) is 12.4 Å². The Kier molecular flexibility index (Phi) is 4.71. The number of carbonyl (C=O) groups excluding carboxylic acids is 1. The van der Waals surface area contributed by atoms with Crippen molar-refractivity contribution in [1.29, 1.82) is 0 Å². The third kappa shape index (κ3) is 2.95. The highest BCUT2D eigenvalue weighted by Gasteiger charge is 2.30. The number of halogens is 2. The summed E-state index contributed by atoms with van der Waals surface area (Å²) < 4.78 is 0. The molecule has 0 aliphatic carbocycles. The van der Waals surface area contributed by atoms with E-state index in [1.54, 1.807) is 6.07 Å². The van der Waals surface area contributed by atoms with E-state index in [0.29, 0.717) is 21.8 Å². The Hall–Kier alpha value is -0.250. The van der Waals surface area contributed by atoms with E-state index < -0.39 is 0 Å². The molecule has 2 heterocycles. The van der Waals surface area contributed by atoms with Gasteiger partial charge in [-0.2, -0.15) is 0 Å². The second-order valence-electron chi connectivity index (χ2n) is 4.22. The van der Waals surface area contributed by atoms with Crippen molar-refractivity contribution in [2.45, 2.75) is 31.7 Å². The second-order valence-corrected chi connectivity index (χ2v) is 5.92. The SMILES string of the molecule is O=C(c1sccc1Cl)N1CCCC1CCCCl. The van der Waals surface area contributed by atoms with Crippen molar-refractivity contribution in [3.63, 3.8) is 0 Å². The van der Waals surface area contributed by atoms with Crippen LogP contribution in [0.4, 0.5) is 0 Å². The van der Waals surface area contributed by atoms with E-state index in [1.807, 2.05) is 10.3 Å². The average molecular weight is 292 g/mol. The number of likely N-dealkylation sites (tertiary alicyclic amines) is 1. The molecule has 5 heteroatoms. The van der Waals surface area contributed by atoms with Gasteiger partial charge >= 0.3 is 0 Å². The lowest BCUT2D eigenvalue weighted by atomic mass is 10.1. The summed E-state index contributed by atoms with van der Waals surface area (Å²) in [5, 5.41) is 2.43. The molecule has 2 nitrogen and oxygen atoms in total. The van der Waals surface area contributed by atoms with Gasteiger partial charge in [0, 0.05) is 18.5 Å². The maximum Gasteiger partial charge on any atom is 0.265 e. The Bertz CT molecular complexity index is 394. The van der Waals surface area contributed by atoms with Crippen LogP contribution in [0.15, 0.2) is 11.4 Å². The van der Waals surface area contributed by atoms with Crippen LogP contribution in [-0.2, 0) is 0 Å². The fourth-order valence-corrected chi connectivity index (χ4v) is 3.54. The summed E-state index contributed by atoms with van der Waals surface area (Å²) in [6.45, 7) is 0.847. The molecule has 1 aliphatic heterocycles. The fourth-order valence-electron chi connectivity index (χ4n) is 2.29. The molecule has 0 aromatic carbocycles. The molecule has 17 heavy (non-hydrogen) atoms. The first-order valence-corrected chi connectivity index (χ1v) is 7.63. The van der Waals surface area contributed by atoms with Crippen molar-refractivity contribution in [2.24, 2.45) is 0 Å². The minimum absolute atomic E-state index is 0.0853. The van der Waals surface area contributed by atoms with Crippen LogP contribution >= 0.6 is 34.5 Å². The van der Waals surface area contributed by atoms with E-state index in [1.165, 1.54) is 11.3 Å². The van der Waals surface area contributed by atoms with E-state index >= 15 is 0 Å². The molecule has 1 aromatic heterocycles. The number of amides is 1. The van der Waals surface area contributed by atoms with E-state index in [4.69, 9.17) is 23.2 Å². The van der Waals surface area contributed by atoms with Gasteiger partial charge in [0.2, 0.25) is 0 Å². The smallest absolute Gasteiger partial charge is 0.265 e. The Balaban J connectivity index is 2.06. The van der Waals surface area contributed by atoms with Gasteiger partial charge in [-0.25, -0.2) is 0 Å². The van der Waals surface area contributed by atoms with E-state index in [2.05, 4.69) is 0 Å². The first-order valence-electron chi connectivity index (χ1n) is 5.84. The summed E-state index contributed by atoms with van der Waals surface area (Å²) in [5.41, 5.74) is 0. The van der Waals surface area contributed by atoms with Crippen LogP contribution in [0.2, 0.25) is 5.02 Å². The van der Waals surface area contributed by atoms with E-state index in [9.17, 15) is 4.79 Å². The highest BCUT2D eigenvalue weighted by atomic mass is 35.5. The third-order valence-corrected chi connectivity index (χ3v) is 4.72. The largest absolute Gasteiger partial charge is 0.335 e. The molecule has 0 bridgehead atoms. The van der Waals surface area contributed by atoms with Crippen LogP contribution in [0.3, 0.4) is 0 Å². The Morgan fingerprint density at radius 2 is 2.41 bits per heavy atom. The standard InChI is InChI=1S/C12H15Cl2NOS/c13-6-1-3-9-4-2-7-15(9)12(16)11-10(14)5-8-17-11/h5,8-9H,1-4,6-7H2. The molecular formula is C12H15Cl2NOS. The minimum Gasteiger partial charge on any atom is -0.335 e. The van der Waals surface area contributed by atoms with Crippen LogP contribution in [0.1, 0.15) is 35.4 Å². The van der Waals surface area contributed by atoms with Gasteiger partial charge in [-0.3, -0.25) is 4.79 Å². The topological polar surface area (TPSA) is 20.3 Å². The Labute approximate surface area is 116 Å². The van der Waals surface area contributed by atoms with Crippen LogP contribution in [0.25, 0.3) is 0 Å². The van der Waals surface area contributed by atoms with Crippen LogP contribution in [-0.4, -0.2) is 29.3 Å². The maximum absolute atomic E-state index is 12.3. The highest BCUT2D eigenvalue weighted by Crippen LogP contribution is 2.29. The summed E-state index contributed by atoms with van der Waals surface area (Å²) in [4.78, 5) is 15.0. The fraction of sp³-hybridized carbons (Fsp3) is 0.583. The van der Waals surface area contributed by atoms with Gasteiger partial charge in [-0.05, 0) is 37.1 Å². The maximum atomic E-state index is 12.3. The van der Waals surface area contributed by atoms with Gasteiger partial charge in [0.05, 0.1) is 5.02 Å². The lowest BCUT2D eigenvalue weighted by Gasteiger charge is -2.24. The number of hydrogen-bond donors (Lipinski definition) is 0. The zero-order valence-electron chi connectivity index (χ0n) is 9.49. The number of rotatable bonds is 4. The Morgan fingerprint density at radius 1 is 1.59 bits per heavy atom. The van der Waals surface area contributed by atoms with Gasteiger partial charge in [0.1, 0.15) is 4.88 Å². The zero-order chi connectivity index (χ0) is 12.3. The molecule has 0 N–H and O–H groups in total. The third-order valence-electron chi connectivity index (χ3n) is 3.12. The summed E-state index contributed by atoms with van der Waals surface area (Å²) in [6, 6.07) is 2.13. The van der Waals surface area contributed by atoms with Gasteiger partial charge in [0.15, 0.2) is 0 Å². The second kappa shape index (κ2) is 6.07. The van der Waals surface area contributed by atoms with Crippen molar-refractivity contribution in [1.82, 2.24) is 4.90 Å². The highest BCUT2D eigenvalue weighted by molar-refractivity contribution is 7.12. The molecule has 2 rings (SSSR count). The normalized spacial score (nSPS) is 19.9. The van der Waals surface area contributed by atoms with Gasteiger partial charge in [-0.15, -0.1) is 22.9 Å². The number of alkyl halides is 1. The average Bonchev–Trinajstić information content (AvgIpc) is 2.94. The number of carbonyl (C=O) groups is 1. The molecule has 1 aliphatic rings. The molecule has 1 aromatic rings. The van der Waals surface area contributed by atoms with Crippen molar-refractivity contribution >= 4 is 40.4 Å². The molecule has 94 valence electrons. The summed E-state index contributed by atoms with van der Waals surface area (Å²) in [5.74, 6) is 0.750. The van der Waals surface area contributed by atoms with Crippen LogP contribution < -0.4 is 0 Å². The summed E-state index contributed by atoms with van der Waals surface area (Å²) in [6.07, 6.45) is 4.14. The first kappa shape index (κ1) is 13.2. The number of hydrogen-bond acceptors (Lipinski definition) is 2. The minimum atomic E-state index is 0.0853. The molecule has 0 radical (unpaired) electrons. The molecule has 1 saturated heterocycles. The lowest BCUT2D eigenvalue weighted by molar-refractivity contribution is 0.0735. The molecule has 1 amide bonds.